The lowest BCUT2D eigenvalue weighted by molar-refractivity contribution is -0.146. The fourth-order valence-corrected chi connectivity index (χ4v) is 4.28. The SMILES string of the molecule is CC1CN(C(=O)COC(=O)c2c3c(nc4ccccc24)CCCC3)CC(C)O1. The van der Waals surface area contributed by atoms with Crippen molar-refractivity contribution in [3.05, 3.63) is 41.1 Å². The molecule has 2 aliphatic rings. The van der Waals surface area contributed by atoms with Crippen molar-refractivity contribution in [3.63, 3.8) is 0 Å². The third kappa shape index (κ3) is 3.74. The molecule has 2 atom stereocenters. The molecule has 0 saturated carbocycles. The summed E-state index contributed by atoms with van der Waals surface area (Å²) in [4.78, 5) is 32.0. The van der Waals surface area contributed by atoms with Crippen LogP contribution >= 0.6 is 0 Å². The average Bonchev–Trinajstić information content (AvgIpc) is 2.69. The first-order valence-electron chi connectivity index (χ1n) is 10.0. The fourth-order valence-electron chi connectivity index (χ4n) is 4.28. The van der Waals surface area contributed by atoms with E-state index in [0.29, 0.717) is 18.7 Å². The van der Waals surface area contributed by atoms with E-state index in [1.165, 1.54) is 0 Å². The van der Waals surface area contributed by atoms with Gasteiger partial charge in [0, 0.05) is 24.2 Å². The molecular weight excluding hydrogens is 356 g/mol. The van der Waals surface area contributed by atoms with Gasteiger partial charge in [-0.05, 0) is 51.2 Å². The molecule has 1 fully saturated rings. The summed E-state index contributed by atoms with van der Waals surface area (Å²) in [6.07, 6.45) is 3.79. The van der Waals surface area contributed by atoms with Crippen molar-refractivity contribution < 1.29 is 19.1 Å². The van der Waals surface area contributed by atoms with Gasteiger partial charge in [-0.25, -0.2) is 4.79 Å². The van der Waals surface area contributed by atoms with Gasteiger partial charge in [-0.1, -0.05) is 18.2 Å². The monoisotopic (exact) mass is 382 g/mol. The number of carbonyl (C=O) groups is 2. The standard InChI is InChI=1S/C22H26N2O4/c1-14-11-24(12-15(2)28-14)20(25)13-27-22(26)21-16-7-3-5-9-18(16)23-19-10-6-4-8-17(19)21/h3,5,7,9,14-15H,4,6,8,10-13H2,1-2H3. The van der Waals surface area contributed by atoms with Crippen LogP contribution in [0.2, 0.25) is 0 Å². The van der Waals surface area contributed by atoms with Gasteiger partial charge in [0.2, 0.25) is 0 Å². The summed E-state index contributed by atoms with van der Waals surface area (Å²) in [5.41, 5.74) is 3.35. The molecule has 0 bridgehead atoms. The Morgan fingerprint density at radius 2 is 1.86 bits per heavy atom. The molecule has 1 aliphatic heterocycles. The topological polar surface area (TPSA) is 68.7 Å². The van der Waals surface area contributed by atoms with Crippen molar-refractivity contribution >= 4 is 22.8 Å². The molecule has 1 aliphatic carbocycles. The summed E-state index contributed by atoms with van der Waals surface area (Å²) in [5.74, 6) is -0.609. The van der Waals surface area contributed by atoms with Gasteiger partial charge in [-0.2, -0.15) is 0 Å². The molecule has 1 amide bonds. The van der Waals surface area contributed by atoms with E-state index in [1.54, 1.807) is 4.90 Å². The van der Waals surface area contributed by atoms with E-state index < -0.39 is 5.97 Å². The Labute approximate surface area is 164 Å². The number of nitrogens with zero attached hydrogens (tertiary/aromatic N) is 2. The number of aryl methyl sites for hydroxylation is 1. The molecule has 1 saturated heterocycles. The van der Waals surface area contributed by atoms with Gasteiger partial charge in [-0.15, -0.1) is 0 Å². The molecule has 28 heavy (non-hydrogen) atoms. The van der Waals surface area contributed by atoms with Crippen LogP contribution in [0.1, 0.15) is 48.3 Å². The smallest absolute Gasteiger partial charge is 0.339 e. The third-order valence-corrected chi connectivity index (χ3v) is 5.47. The minimum absolute atomic E-state index is 0.0143. The predicted octanol–water partition coefficient (Wildman–Crippen LogP) is 2.91. The summed E-state index contributed by atoms with van der Waals surface area (Å²) in [6, 6.07) is 7.64. The van der Waals surface area contributed by atoms with Gasteiger partial charge in [-0.3, -0.25) is 9.78 Å². The first kappa shape index (κ1) is 18.9. The second-order valence-corrected chi connectivity index (χ2v) is 7.77. The number of amides is 1. The molecule has 1 aromatic carbocycles. The molecule has 148 valence electrons. The number of hydrogen-bond acceptors (Lipinski definition) is 5. The van der Waals surface area contributed by atoms with Crippen LogP contribution in [0.5, 0.6) is 0 Å². The van der Waals surface area contributed by atoms with E-state index in [4.69, 9.17) is 14.5 Å². The fraction of sp³-hybridized carbons (Fsp3) is 0.500. The summed E-state index contributed by atoms with van der Waals surface area (Å²) < 4.78 is 11.2. The highest BCUT2D eigenvalue weighted by Crippen LogP contribution is 2.29. The molecule has 0 spiro atoms. The summed E-state index contributed by atoms with van der Waals surface area (Å²) in [5, 5.41) is 0.800. The van der Waals surface area contributed by atoms with Gasteiger partial charge in [0.05, 0.1) is 23.3 Å². The molecule has 6 nitrogen and oxygen atoms in total. The van der Waals surface area contributed by atoms with Crippen LogP contribution < -0.4 is 0 Å². The number of morpholine rings is 1. The van der Waals surface area contributed by atoms with Gasteiger partial charge in [0.15, 0.2) is 6.61 Å². The maximum absolute atomic E-state index is 13.0. The second kappa shape index (κ2) is 7.87. The lowest BCUT2D eigenvalue weighted by Crippen LogP contribution is -2.49. The Bertz CT molecular complexity index is 901. The van der Waals surface area contributed by atoms with E-state index in [0.717, 1.165) is 47.8 Å². The molecule has 6 heteroatoms. The van der Waals surface area contributed by atoms with E-state index in [9.17, 15) is 9.59 Å². The highest BCUT2D eigenvalue weighted by atomic mass is 16.5. The first-order valence-corrected chi connectivity index (χ1v) is 10.0. The summed E-state index contributed by atoms with van der Waals surface area (Å²) >= 11 is 0. The number of benzene rings is 1. The summed E-state index contributed by atoms with van der Waals surface area (Å²) in [7, 11) is 0. The van der Waals surface area contributed by atoms with E-state index >= 15 is 0 Å². The number of para-hydroxylation sites is 1. The molecule has 0 radical (unpaired) electrons. The van der Waals surface area contributed by atoms with Gasteiger partial charge in [0.1, 0.15) is 0 Å². The zero-order valence-corrected chi connectivity index (χ0v) is 16.4. The molecule has 2 heterocycles. The Kier molecular flexibility index (Phi) is 5.31. The summed E-state index contributed by atoms with van der Waals surface area (Å²) in [6.45, 7) is 4.68. The Morgan fingerprint density at radius 3 is 2.64 bits per heavy atom. The second-order valence-electron chi connectivity index (χ2n) is 7.77. The van der Waals surface area contributed by atoms with Crippen LogP contribution in [0, 0.1) is 0 Å². The van der Waals surface area contributed by atoms with E-state index in [1.807, 2.05) is 38.1 Å². The predicted molar refractivity (Wildman–Crippen MR) is 105 cm³/mol. The number of fused-ring (bicyclic) bond motifs is 2. The van der Waals surface area contributed by atoms with Crippen LogP contribution in [0.4, 0.5) is 0 Å². The molecule has 0 N–H and O–H groups in total. The zero-order chi connectivity index (χ0) is 19.7. The average molecular weight is 382 g/mol. The lowest BCUT2D eigenvalue weighted by Gasteiger charge is -2.35. The first-order chi connectivity index (χ1) is 13.5. The van der Waals surface area contributed by atoms with Crippen molar-refractivity contribution in [3.8, 4) is 0 Å². The number of ether oxygens (including phenoxy) is 2. The van der Waals surface area contributed by atoms with Crippen molar-refractivity contribution in [2.24, 2.45) is 0 Å². The quantitative estimate of drug-likeness (QED) is 0.764. The van der Waals surface area contributed by atoms with Crippen molar-refractivity contribution in [1.29, 1.82) is 0 Å². The highest BCUT2D eigenvalue weighted by Gasteiger charge is 2.28. The molecule has 1 aromatic heterocycles. The van der Waals surface area contributed by atoms with E-state index in [2.05, 4.69) is 0 Å². The van der Waals surface area contributed by atoms with E-state index in [-0.39, 0.29) is 24.7 Å². The largest absolute Gasteiger partial charge is 0.452 e. The maximum Gasteiger partial charge on any atom is 0.339 e. The van der Waals surface area contributed by atoms with Gasteiger partial charge < -0.3 is 14.4 Å². The van der Waals surface area contributed by atoms with Crippen LogP contribution in [-0.4, -0.2) is 53.7 Å². The van der Waals surface area contributed by atoms with Crippen LogP contribution in [0.3, 0.4) is 0 Å². The number of rotatable bonds is 3. The minimum Gasteiger partial charge on any atom is -0.452 e. The Morgan fingerprint density at radius 1 is 1.14 bits per heavy atom. The van der Waals surface area contributed by atoms with Gasteiger partial charge >= 0.3 is 5.97 Å². The number of pyridine rings is 1. The van der Waals surface area contributed by atoms with Gasteiger partial charge in [0.25, 0.3) is 5.91 Å². The number of aromatic nitrogens is 1. The lowest BCUT2D eigenvalue weighted by atomic mass is 9.90. The molecule has 2 unspecified atom stereocenters. The molecule has 2 aromatic rings. The third-order valence-electron chi connectivity index (χ3n) is 5.47. The normalized spacial score (nSPS) is 22.0. The van der Waals surface area contributed by atoms with Crippen LogP contribution in [-0.2, 0) is 27.1 Å². The Hall–Kier alpha value is -2.47. The van der Waals surface area contributed by atoms with Crippen molar-refractivity contribution in [1.82, 2.24) is 9.88 Å². The zero-order valence-electron chi connectivity index (χ0n) is 16.4. The molecular formula is C22H26N2O4. The number of carbonyl (C=O) groups excluding carboxylic acids is 2. The van der Waals surface area contributed by atoms with Crippen molar-refractivity contribution in [2.45, 2.75) is 51.7 Å². The Balaban J connectivity index is 1.55. The molecule has 4 rings (SSSR count). The highest BCUT2D eigenvalue weighted by molar-refractivity contribution is 6.05. The van der Waals surface area contributed by atoms with Crippen molar-refractivity contribution in [2.75, 3.05) is 19.7 Å². The number of hydrogen-bond donors (Lipinski definition) is 0. The minimum atomic E-state index is -0.431. The maximum atomic E-state index is 13.0. The van der Waals surface area contributed by atoms with Crippen LogP contribution in [0.15, 0.2) is 24.3 Å². The van der Waals surface area contributed by atoms with Crippen LogP contribution in [0.25, 0.3) is 10.9 Å². The number of esters is 1.